The van der Waals surface area contributed by atoms with E-state index in [4.69, 9.17) is 0 Å². The summed E-state index contributed by atoms with van der Waals surface area (Å²) in [5.41, 5.74) is 2.02. The number of carbonyl (C=O) groups is 2. The number of nitro groups is 1. The lowest BCUT2D eigenvalue weighted by Crippen LogP contribution is -2.48. The Morgan fingerprint density at radius 3 is 2.18 bits per heavy atom. The lowest BCUT2D eigenvalue weighted by atomic mass is 10.0. The van der Waals surface area contributed by atoms with Gasteiger partial charge in [-0.25, -0.2) is 0 Å². The average Bonchev–Trinajstić information content (AvgIpc) is 3.37. The molecule has 0 atom stereocenters. The van der Waals surface area contributed by atoms with Gasteiger partial charge in [-0.1, -0.05) is 25.7 Å². The maximum Gasteiger partial charge on any atom is 0.269 e. The molecule has 1 aliphatic heterocycles. The van der Waals surface area contributed by atoms with Gasteiger partial charge in [-0.3, -0.25) is 19.7 Å². The lowest BCUT2D eigenvalue weighted by molar-refractivity contribution is -0.384. The molecule has 2 aromatic carbocycles. The molecule has 0 aromatic heterocycles. The van der Waals surface area contributed by atoms with E-state index in [2.05, 4.69) is 10.2 Å². The summed E-state index contributed by atoms with van der Waals surface area (Å²) in [6, 6.07) is 13.1. The van der Waals surface area contributed by atoms with E-state index in [0.717, 1.165) is 44.2 Å². The summed E-state index contributed by atoms with van der Waals surface area (Å²) in [6.07, 6.45) is 6.91. The van der Waals surface area contributed by atoms with Crippen molar-refractivity contribution in [2.75, 3.05) is 36.4 Å². The van der Waals surface area contributed by atoms with Gasteiger partial charge in [0.15, 0.2) is 0 Å². The summed E-state index contributed by atoms with van der Waals surface area (Å²) in [7, 11) is 0. The minimum Gasteiger partial charge on any atom is -0.368 e. The van der Waals surface area contributed by atoms with E-state index in [1.54, 1.807) is 0 Å². The highest BCUT2D eigenvalue weighted by molar-refractivity contribution is 6.04. The number of benzene rings is 2. The molecule has 1 aliphatic carbocycles. The first-order chi connectivity index (χ1) is 16.0. The minimum atomic E-state index is -0.493. The molecule has 2 amide bonds. The standard InChI is InChI=1S/C25H30N4O4/c30-24(14-5-19-3-1-2-4-19)28-17-15-27(16-18-28)22-12-8-21(9-13-22)26-25(31)20-6-10-23(11-7-20)29(32)33/h6-13,19H,1-5,14-18H2,(H,26,31). The molecule has 0 spiro atoms. The van der Waals surface area contributed by atoms with Crippen molar-refractivity contribution < 1.29 is 14.5 Å². The van der Waals surface area contributed by atoms with Gasteiger partial charge in [0.05, 0.1) is 4.92 Å². The lowest BCUT2D eigenvalue weighted by Gasteiger charge is -2.36. The van der Waals surface area contributed by atoms with Crippen LogP contribution < -0.4 is 10.2 Å². The Labute approximate surface area is 193 Å². The molecule has 1 N–H and O–H groups in total. The van der Waals surface area contributed by atoms with Gasteiger partial charge in [-0.05, 0) is 48.7 Å². The molecule has 4 rings (SSSR count). The van der Waals surface area contributed by atoms with Crippen molar-refractivity contribution in [3.8, 4) is 0 Å². The van der Waals surface area contributed by atoms with Gasteiger partial charge in [0.2, 0.25) is 5.91 Å². The summed E-state index contributed by atoms with van der Waals surface area (Å²) >= 11 is 0. The predicted octanol–water partition coefficient (Wildman–Crippen LogP) is 4.47. The molecule has 2 aliphatic rings. The number of amides is 2. The number of carbonyl (C=O) groups excluding carboxylic acids is 2. The zero-order chi connectivity index (χ0) is 23.2. The van der Waals surface area contributed by atoms with Gasteiger partial charge in [-0.2, -0.15) is 0 Å². The maximum absolute atomic E-state index is 12.5. The molecule has 1 saturated carbocycles. The highest BCUT2D eigenvalue weighted by Gasteiger charge is 2.23. The molecular weight excluding hydrogens is 420 g/mol. The number of hydrogen-bond donors (Lipinski definition) is 1. The fourth-order valence-electron chi connectivity index (χ4n) is 4.69. The van der Waals surface area contributed by atoms with Crippen molar-refractivity contribution in [1.29, 1.82) is 0 Å². The molecule has 0 unspecified atom stereocenters. The zero-order valence-electron chi connectivity index (χ0n) is 18.7. The van der Waals surface area contributed by atoms with Crippen molar-refractivity contribution in [2.45, 2.75) is 38.5 Å². The predicted molar refractivity (Wildman–Crippen MR) is 127 cm³/mol. The highest BCUT2D eigenvalue weighted by Crippen LogP contribution is 2.29. The van der Waals surface area contributed by atoms with Gasteiger partial charge in [0.25, 0.3) is 11.6 Å². The average molecular weight is 451 g/mol. The monoisotopic (exact) mass is 450 g/mol. The second kappa shape index (κ2) is 10.5. The third-order valence-electron chi connectivity index (χ3n) is 6.70. The van der Waals surface area contributed by atoms with E-state index >= 15 is 0 Å². The van der Waals surface area contributed by atoms with Crippen LogP contribution in [0.4, 0.5) is 17.1 Å². The molecule has 33 heavy (non-hydrogen) atoms. The normalized spacial score (nSPS) is 16.6. The second-order valence-corrected chi connectivity index (χ2v) is 8.86. The first kappa shape index (κ1) is 22.8. The number of rotatable bonds is 7. The summed E-state index contributed by atoms with van der Waals surface area (Å²) in [4.78, 5) is 39.4. The largest absolute Gasteiger partial charge is 0.368 e. The number of anilines is 2. The van der Waals surface area contributed by atoms with Crippen LogP contribution in [0.15, 0.2) is 48.5 Å². The Hall–Kier alpha value is -3.42. The third-order valence-corrected chi connectivity index (χ3v) is 6.70. The van der Waals surface area contributed by atoms with Crippen molar-refractivity contribution in [3.63, 3.8) is 0 Å². The van der Waals surface area contributed by atoms with Gasteiger partial charge in [0, 0.05) is 61.7 Å². The topological polar surface area (TPSA) is 95.8 Å². The van der Waals surface area contributed by atoms with Crippen molar-refractivity contribution in [3.05, 3.63) is 64.2 Å². The van der Waals surface area contributed by atoms with Crippen LogP contribution in [0.1, 0.15) is 48.9 Å². The number of nitrogens with one attached hydrogen (secondary N) is 1. The van der Waals surface area contributed by atoms with Crippen LogP contribution in [-0.2, 0) is 4.79 Å². The van der Waals surface area contributed by atoms with Gasteiger partial charge in [-0.15, -0.1) is 0 Å². The van der Waals surface area contributed by atoms with Gasteiger partial charge >= 0.3 is 0 Å². The molecule has 174 valence electrons. The Bertz CT molecular complexity index is 976. The van der Waals surface area contributed by atoms with E-state index in [1.807, 2.05) is 29.2 Å². The zero-order valence-corrected chi connectivity index (χ0v) is 18.7. The number of hydrogen-bond acceptors (Lipinski definition) is 5. The van der Waals surface area contributed by atoms with Crippen LogP contribution in [0, 0.1) is 16.0 Å². The van der Waals surface area contributed by atoms with Crippen LogP contribution in [-0.4, -0.2) is 47.8 Å². The van der Waals surface area contributed by atoms with Crippen LogP contribution in [0.25, 0.3) is 0 Å². The van der Waals surface area contributed by atoms with E-state index in [1.165, 1.54) is 49.9 Å². The quantitative estimate of drug-likeness (QED) is 0.496. The van der Waals surface area contributed by atoms with Crippen LogP contribution >= 0.6 is 0 Å². The maximum atomic E-state index is 12.5. The molecule has 2 aromatic rings. The molecule has 1 saturated heterocycles. The van der Waals surface area contributed by atoms with Crippen molar-refractivity contribution in [2.24, 2.45) is 5.92 Å². The summed E-state index contributed by atoms with van der Waals surface area (Å²) in [5, 5.41) is 13.6. The fourth-order valence-corrected chi connectivity index (χ4v) is 4.69. The number of piperazine rings is 1. The summed E-state index contributed by atoms with van der Waals surface area (Å²) in [6.45, 7) is 3.07. The molecule has 1 heterocycles. The van der Waals surface area contributed by atoms with Crippen LogP contribution in [0.3, 0.4) is 0 Å². The summed E-state index contributed by atoms with van der Waals surface area (Å²) in [5.74, 6) is 0.711. The Balaban J connectivity index is 1.25. The Morgan fingerprint density at radius 2 is 1.58 bits per heavy atom. The molecule has 0 radical (unpaired) electrons. The molecular formula is C25H30N4O4. The van der Waals surface area contributed by atoms with Crippen molar-refractivity contribution >= 4 is 28.9 Å². The molecule has 2 fully saturated rings. The smallest absolute Gasteiger partial charge is 0.269 e. The fraction of sp³-hybridized carbons (Fsp3) is 0.440. The van der Waals surface area contributed by atoms with E-state index in [-0.39, 0.29) is 17.5 Å². The van der Waals surface area contributed by atoms with Crippen LogP contribution in [0.5, 0.6) is 0 Å². The third kappa shape index (κ3) is 5.88. The first-order valence-electron chi connectivity index (χ1n) is 11.7. The SMILES string of the molecule is O=C(Nc1ccc(N2CCN(C(=O)CCC3CCCC3)CC2)cc1)c1ccc([N+](=O)[O-])cc1. The van der Waals surface area contributed by atoms with Gasteiger partial charge in [0.1, 0.15) is 0 Å². The van der Waals surface area contributed by atoms with Crippen molar-refractivity contribution in [1.82, 2.24) is 4.90 Å². The van der Waals surface area contributed by atoms with E-state index in [9.17, 15) is 19.7 Å². The molecule has 8 heteroatoms. The number of nitro benzene ring substituents is 1. The van der Waals surface area contributed by atoms with Crippen LogP contribution in [0.2, 0.25) is 0 Å². The van der Waals surface area contributed by atoms with E-state index < -0.39 is 4.92 Å². The number of nitrogens with zero attached hydrogens (tertiary/aromatic N) is 3. The molecule has 0 bridgehead atoms. The number of non-ortho nitro benzene ring substituents is 1. The molecule has 8 nitrogen and oxygen atoms in total. The van der Waals surface area contributed by atoms with Gasteiger partial charge < -0.3 is 15.1 Å². The second-order valence-electron chi connectivity index (χ2n) is 8.86. The highest BCUT2D eigenvalue weighted by atomic mass is 16.6. The summed E-state index contributed by atoms with van der Waals surface area (Å²) < 4.78 is 0. The minimum absolute atomic E-state index is 0.0495. The van der Waals surface area contributed by atoms with E-state index in [0.29, 0.717) is 17.7 Å². The Kier molecular flexibility index (Phi) is 7.22. The Morgan fingerprint density at radius 1 is 0.939 bits per heavy atom. The first-order valence-corrected chi connectivity index (χ1v) is 11.7.